The molecule has 0 aliphatic rings. The van der Waals surface area contributed by atoms with Gasteiger partial charge in [-0.1, -0.05) is 39.8 Å². The first-order valence-corrected chi connectivity index (χ1v) is 7.82. The highest BCUT2D eigenvalue weighted by molar-refractivity contribution is 9.10. The van der Waals surface area contributed by atoms with Gasteiger partial charge in [0.1, 0.15) is 0 Å². The Kier molecular flexibility index (Phi) is 3.93. The highest BCUT2D eigenvalue weighted by Crippen LogP contribution is 2.26. The number of aromatic nitrogens is 3. The fraction of sp³-hybridized carbons (Fsp3) is 0.143. The number of nitrogens with zero attached hydrogens (tertiary/aromatic N) is 3. The smallest absolute Gasteiger partial charge is 0.200 e. The van der Waals surface area contributed by atoms with Gasteiger partial charge < -0.3 is 8.98 Å². The molecule has 0 spiro atoms. The van der Waals surface area contributed by atoms with E-state index in [-0.39, 0.29) is 0 Å². The van der Waals surface area contributed by atoms with Crippen LogP contribution in [0.1, 0.15) is 5.56 Å². The molecule has 0 N–H and O–H groups in total. The number of rotatable bonds is 4. The van der Waals surface area contributed by atoms with E-state index < -0.39 is 0 Å². The van der Waals surface area contributed by atoms with Crippen molar-refractivity contribution < 1.29 is 4.42 Å². The van der Waals surface area contributed by atoms with E-state index in [0.29, 0.717) is 0 Å². The minimum Gasteiger partial charge on any atom is -0.461 e. The van der Waals surface area contributed by atoms with Gasteiger partial charge in [0.25, 0.3) is 0 Å². The lowest BCUT2D eigenvalue weighted by atomic mass is 10.2. The first kappa shape index (κ1) is 13.5. The lowest BCUT2D eigenvalue weighted by Gasteiger charge is -2.03. The molecule has 3 rings (SSSR count). The maximum atomic E-state index is 5.35. The van der Waals surface area contributed by atoms with Crippen molar-refractivity contribution in [2.45, 2.75) is 10.9 Å². The molecule has 0 saturated carbocycles. The Morgan fingerprint density at radius 3 is 2.90 bits per heavy atom. The van der Waals surface area contributed by atoms with E-state index in [4.69, 9.17) is 4.42 Å². The van der Waals surface area contributed by atoms with Gasteiger partial charge in [0, 0.05) is 17.3 Å². The fourth-order valence-electron chi connectivity index (χ4n) is 1.84. The number of furan rings is 1. The standard InChI is InChI=1S/C14H12BrN3OS/c1-18-13(12-6-3-7-19-12)16-17-14(18)20-9-10-4-2-5-11(15)8-10/h2-8H,9H2,1H3. The van der Waals surface area contributed by atoms with Crippen molar-refractivity contribution in [2.24, 2.45) is 7.05 Å². The first-order chi connectivity index (χ1) is 9.74. The quantitative estimate of drug-likeness (QED) is 0.664. The van der Waals surface area contributed by atoms with E-state index in [0.717, 1.165) is 27.0 Å². The van der Waals surface area contributed by atoms with Crippen LogP contribution in [-0.4, -0.2) is 14.8 Å². The van der Waals surface area contributed by atoms with E-state index >= 15 is 0 Å². The maximum absolute atomic E-state index is 5.35. The number of hydrogen-bond acceptors (Lipinski definition) is 4. The van der Waals surface area contributed by atoms with E-state index in [1.54, 1.807) is 18.0 Å². The summed E-state index contributed by atoms with van der Waals surface area (Å²) in [6.07, 6.45) is 1.64. The zero-order chi connectivity index (χ0) is 13.9. The Balaban J connectivity index is 1.76. The molecule has 3 aromatic rings. The fourth-order valence-corrected chi connectivity index (χ4v) is 3.14. The number of benzene rings is 1. The molecular weight excluding hydrogens is 338 g/mol. The molecule has 2 heterocycles. The summed E-state index contributed by atoms with van der Waals surface area (Å²) in [4.78, 5) is 0. The highest BCUT2D eigenvalue weighted by atomic mass is 79.9. The van der Waals surface area contributed by atoms with Gasteiger partial charge in [0.15, 0.2) is 16.7 Å². The molecule has 0 atom stereocenters. The van der Waals surface area contributed by atoms with Gasteiger partial charge in [-0.25, -0.2) is 0 Å². The van der Waals surface area contributed by atoms with Crippen molar-refractivity contribution in [3.05, 3.63) is 52.7 Å². The molecule has 20 heavy (non-hydrogen) atoms. The molecule has 0 fully saturated rings. The van der Waals surface area contributed by atoms with Crippen LogP contribution in [-0.2, 0) is 12.8 Å². The van der Waals surface area contributed by atoms with Gasteiger partial charge in [0.2, 0.25) is 0 Å². The van der Waals surface area contributed by atoms with Crippen LogP contribution >= 0.6 is 27.7 Å². The number of thioether (sulfide) groups is 1. The Morgan fingerprint density at radius 1 is 1.25 bits per heavy atom. The minimum atomic E-state index is 0.731. The second kappa shape index (κ2) is 5.85. The molecule has 6 heteroatoms. The second-order valence-electron chi connectivity index (χ2n) is 4.26. The number of hydrogen-bond donors (Lipinski definition) is 0. The van der Waals surface area contributed by atoms with Crippen LogP contribution < -0.4 is 0 Å². The summed E-state index contributed by atoms with van der Waals surface area (Å²) in [5, 5.41) is 9.26. The van der Waals surface area contributed by atoms with E-state index in [2.05, 4.69) is 38.3 Å². The molecule has 0 amide bonds. The normalized spacial score (nSPS) is 10.9. The average Bonchev–Trinajstić information content (AvgIpc) is 3.06. The third kappa shape index (κ3) is 2.81. The summed E-state index contributed by atoms with van der Waals surface area (Å²) in [6.45, 7) is 0. The van der Waals surface area contributed by atoms with Crippen LogP contribution in [0.2, 0.25) is 0 Å². The third-order valence-electron chi connectivity index (χ3n) is 2.83. The summed E-state index contributed by atoms with van der Waals surface area (Å²) in [5.41, 5.74) is 1.24. The van der Waals surface area contributed by atoms with E-state index in [1.807, 2.05) is 35.9 Å². The summed E-state index contributed by atoms with van der Waals surface area (Å²) in [6, 6.07) is 12.0. The Bertz CT molecular complexity index is 709. The molecule has 0 unspecified atom stereocenters. The summed E-state index contributed by atoms with van der Waals surface area (Å²) in [5.74, 6) is 2.32. The molecule has 0 saturated heterocycles. The summed E-state index contributed by atoms with van der Waals surface area (Å²) < 4.78 is 8.39. The van der Waals surface area contributed by atoms with Crippen LogP contribution in [0.5, 0.6) is 0 Å². The predicted octanol–water partition coefficient (Wildman–Crippen LogP) is 4.13. The minimum absolute atomic E-state index is 0.731. The number of halogens is 1. The predicted molar refractivity (Wildman–Crippen MR) is 82.4 cm³/mol. The molecular formula is C14H12BrN3OS. The van der Waals surface area contributed by atoms with Crippen LogP contribution in [0.15, 0.2) is 56.7 Å². The lowest BCUT2D eigenvalue weighted by molar-refractivity contribution is 0.572. The Morgan fingerprint density at radius 2 is 2.15 bits per heavy atom. The average molecular weight is 350 g/mol. The van der Waals surface area contributed by atoms with Crippen LogP contribution in [0, 0.1) is 0 Å². The van der Waals surface area contributed by atoms with Crippen molar-refractivity contribution in [1.29, 1.82) is 0 Å². The van der Waals surface area contributed by atoms with Gasteiger partial charge in [-0.15, -0.1) is 10.2 Å². The lowest BCUT2D eigenvalue weighted by Crippen LogP contribution is -1.94. The van der Waals surface area contributed by atoms with Gasteiger partial charge in [-0.05, 0) is 29.8 Å². The molecule has 2 aromatic heterocycles. The molecule has 0 aliphatic carbocycles. The first-order valence-electron chi connectivity index (χ1n) is 6.04. The molecule has 0 aliphatic heterocycles. The zero-order valence-electron chi connectivity index (χ0n) is 10.8. The maximum Gasteiger partial charge on any atom is 0.200 e. The molecule has 102 valence electrons. The van der Waals surface area contributed by atoms with Crippen molar-refractivity contribution in [2.75, 3.05) is 0 Å². The molecule has 0 radical (unpaired) electrons. The largest absolute Gasteiger partial charge is 0.461 e. The van der Waals surface area contributed by atoms with Crippen molar-refractivity contribution in [1.82, 2.24) is 14.8 Å². The Hall–Kier alpha value is -1.53. The molecule has 0 bridgehead atoms. The van der Waals surface area contributed by atoms with Gasteiger partial charge in [0.05, 0.1) is 6.26 Å². The van der Waals surface area contributed by atoms with Crippen molar-refractivity contribution in [3.8, 4) is 11.6 Å². The highest BCUT2D eigenvalue weighted by Gasteiger charge is 2.13. The van der Waals surface area contributed by atoms with Crippen LogP contribution in [0.3, 0.4) is 0 Å². The van der Waals surface area contributed by atoms with Gasteiger partial charge in [-0.3, -0.25) is 0 Å². The van der Waals surface area contributed by atoms with Crippen LogP contribution in [0.25, 0.3) is 11.6 Å². The molecule has 4 nitrogen and oxygen atoms in total. The van der Waals surface area contributed by atoms with Crippen LogP contribution in [0.4, 0.5) is 0 Å². The third-order valence-corrected chi connectivity index (χ3v) is 4.42. The monoisotopic (exact) mass is 349 g/mol. The van der Waals surface area contributed by atoms with Crippen molar-refractivity contribution in [3.63, 3.8) is 0 Å². The van der Waals surface area contributed by atoms with E-state index in [9.17, 15) is 0 Å². The zero-order valence-corrected chi connectivity index (χ0v) is 13.2. The SMILES string of the molecule is Cn1c(SCc2cccc(Br)c2)nnc1-c1ccco1. The summed E-state index contributed by atoms with van der Waals surface area (Å²) >= 11 is 5.13. The molecule has 1 aromatic carbocycles. The second-order valence-corrected chi connectivity index (χ2v) is 6.12. The van der Waals surface area contributed by atoms with Gasteiger partial charge in [-0.2, -0.15) is 0 Å². The topological polar surface area (TPSA) is 43.9 Å². The van der Waals surface area contributed by atoms with E-state index in [1.165, 1.54) is 5.56 Å². The van der Waals surface area contributed by atoms with Crippen molar-refractivity contribution >= 4 is 27.7 Å². The van der Waals surface area contributed by atoms with Gasteiger partial charge >= 0.3 is 0 Å². The Labute approximate surface area is 129 Å². The summed E-state index contributed by atoms with van der Waals surface area (Å²) in [7, 11) is 1.95.